The molecule has 2 aromatic carbocycles. The van der Waals surface area contributed by atoms with Crippen LogP contribution in [-0.2, 0) is 16.1 Å². The van der Waals surface area contributed by atoms with E-state index in [-0.39, 0.29) is 53.0 Å². The minimum Gasteiger partial charge on any atom is -0.489 e. The summed E-state index contributed by atoms with van der Waals surface area (Å²) in [4.78, 5) is 80.9. The van der Waals surface area contributed by atoms with Crippen molar-refractivity contribution in [2.24, 2.45) is 22.2 Å². The second kappa shape index (κ2) is 14.9. The van der Waals surface area contributed by atoms with Gasteiger partial charge in [0.05, 0.1) is 40.5 Å². The van der Waals surface area contributed by atoms with E-state index in [0.717, 1.165) is 74.6 Å². The van der Waals surface area contributed by atoms with Crippen LogP contribution in [-0.4, -0.2) is 99.6 Å². The second-order valence-electron chi connectivity index (χ2n) is 19.9. The van der Waals surface area contributed by atoms with E-state index in [1.54, 1.807) is 30.3 Å². The summed E-state index contributed by atoms with van der Waals surface area (Å²) in [5.74, 6) is 5.81. The molecule has 5 fully saturated rings. The minimum atomic E-state index is -0.973. The van der Waals surface area contributed by atoms with Crippen molar-refractivity contribution in [1.29, 1.82) is 0 Å². The largest absolute Gasteiger partial charge is 0.489 e. The van der Waals surface area contributed by atoms with Gasteiger partial charge in [0, 0.05) is 72.5 Å². The molecule has 1 unspecified atom stereocenters. The van der Waals surface area contributed by atoms with Crippen LogP contribution in [0.15, 0.2) is 48.5 Å². The number of hydrogen-bond donors (Lipinski definition) is 1. The van der Waals surface area contributed by atoms with Crippen LogP contribution in [0.4, 0.5) is 11.4 Å². The molecule has 0 radical (unpaired) electrons. The molecule has 1 N–H and O–H groups in total. The minimum absolute atomic E-state index is 0.0139. The average Bonchev–Trinajstić information content (AvgIpc) is 3.90. The Morgan fingerprint density at radius 3 is 2.30 bits per heavy atom. The highest BCUT2D eigenvalue weighted by Gasteiger charge is 2.67. The maximum absolute atomic E-state index is 13.8. The quantitative estimate of drug-likeness (QED) is 0.164. The number of pyridine rings is 1. The first-order valence-electron chi connectivity index (χ1n) is 22.1. The van der Waals surface area contributed by atoms with Crippen LogP contribution in [0.25, 0.3) is 4.85 Å². The number of likely N-dealkylation sites (tertiary alicyclic amines) is 1. The van der Waals surface area contributed by atoms with Gasteiger partial charge in [-0.25, -0.2) is 9.83 Å². The molecule has 10 rings (SSSR count). The lowest BCUT2D eigenvalue weighted by molar-refractivity contribution is -0.199. The number of piperidine rings is 1. The van der Waals surface area contributed by atoms with Crippen molar-refractivity contribution < 1.29 is 28.7 Å². The normalized spacial score (nSPS) is 27.8. The van der Waals surface area contributed by atoms with E-state index >= 15 is 0 Å². The summed E-state index contributed by atoms with van der Waals surface area (Å²) < 4.78 is 6.48. The van der Waals surface area contributed by atoms with E-state index < -0.39 is 23.8 Å². The van der Waals surface area contributed by atoms with E-state index in [9.17, 15) is 24.0 Å². The van der Waals surface area contributed by atoms with Crippen LogP contribution >= 0.6 is 11.6 Å². The molecule has 6 heterocycles. The molecular weight excluding hydrogens is 818 g/mol. The molecule has 5 aliphatic heterocycles. The molecule has 1 spiro atoms. The summed E-state index contributed by atoms with van der Waals surface area (Å²) >= 11 is 6.31. The molecule has 324 valence electrons. The molecule has 63 heavy (non-hydrogen) atoms. The molecule has 5 amide bonds. The Balaban J connectivity index is 0.712. The van der Waals surface area contributed by atoms with Gasteiger partial charge in [0.1, 0.15) is 23.6 Å². The smallest absolute Gasteiger partial charge is 0.262 e. The van der Waals surface area contributed by atoms with Crippen LogP contribution in [0, 0.1) is 40.6 Å². The number of nitrogens with zero attached hydrogens (tertiary/aromatic N) is 6. The number of fused-ring (bicyclic) bond motifs is 2. The Morgan fingerprint density at radius 1 is 0.857 bits per heavy atom. The zero-order valence-corrected chi connectivity index (χ0v) is 36.8. The highest BCUT2D eigenvalue weighted by molar-refractivity contribution is 6.33. The van der Waals surface area contributed by atoms with Crippen molar-refractivity contribution in [1.82, 2.24) is 25.0 Å². The number of hydrogen-bond acceptors (Lipinski definition) is 9. The van der Waals surface area contributed by atoms with Gasteiger partial charge in [-0.1, -0.05) is 51.3 Å². The molecule has 1 atom stereocenters. The van der Waals surface area contributed by atoms with Gasteiger partial charge in [0.15, 0.2) is 0 Å². The Kier molecular flexibility index (Phi) is 9.77. The van der Waals surface area contributed by atoms with Gasteiger partial charge in [-0.2, -0.15) is 0 Å². The Bertz CT molecular complexity index is 2590. The fourth-order valence-electron chi connectivity index (χ4n) is 12.4. The molecule has 3 saturated heterocycles. The Hall–Kier alpha value is -5.76. The third kappa shape index (κ3) is 6.78. The second-order valence-corrected chi connectivity index (χ2v) is 20.3. The number of imide groups is 2. The number of amides is 5. The number of halogens is 1. The van der Waals surface area contributed by atoms with E-state index in [2.05, 4.69) is 59.5 Å². The third-order valence-electron chi connectivity index (χ3n) is 15.1. The zero-order valence-electron chi connectivity index (χ0n) is 36.0. The maximum atomic E-state index is 13.8. The van der Waals surface area contributed by atoms with Gasteiger partial charge in [-0.3, -0.25) is 39.1 Å². The molecule has 3 aromatic rings. The van der Waals surface area contributed by atoms with Crippen LogP contribution < -0.4 is 15.0 Å². The maximum Gasteiger partial charge on any atom is 0.262 e. The van der Waals surface area contributed by atoms with Crippen LogP contribution in [0.2, 0.25) is 5.02 Å². The van der Waals surface area contributed by atoms with E-state index in [1.807, 2.05) is 23.1 Å². The van der Waals surface area contributed by atoms with Crippen LogP contribution in [0.5, 0.6) is 5.75 Å². The summed E-state index contributed by atoms with van der Waals surface area (Å²) in [6.07, 6.45) is 5.38. The standard InChI is InChI=1S/C49H50ClN7O6/c1-47(2)45(48(3,4)46(47)63-32-14-17-37(51-5)36(50)23-32)56-24-38-34(42(56)60)15-10-29(52-38)9-6-28-7-11-30(12-8-28)55-26-49(27-55)20-21-54(25-49)31-13-16-33-35(22-31)44(62)57(43(33)61)39-18-19-40(58)53-41(39)59/h10,13-17,22-23,28,30,39,45-46H,7-8,11-12,18-21,24-27H2,1-4H3,(H,53,58,59). The van der Waals surface area contributed by atoms with Crippen molar-refractivity contribution in [3.63, 3.8) is 0 Å². The number of anilines is 1. The average molecular weight is 868 g/mol. The first kappa shape index (κ1) is 41.3. The summed E-state index contributed by atoms with van der Waals surface area (Å²) in [7, 11) is 0. The summed E-state index contributed by atoms with van der Waals surface area (Å²) in [5.41, 5.74) is 3.50. The van der Waals surface area contributed by atoms with E-state index in [1.165, 1.54) is 0 Å². The number of rotatable bonds is 6. The van der Waals surface area contributed by atoms with Gasteiger partial charge in [0.2, 0.25) is 17.5 Å². The zero-order chi connectivity index (χ0) is 44.2. The topological polar surface area (TPSA) is 137 Å². The molecule has 1 aromatic heterocycles. The Labute approximate surface area is 372 Å². The monoisotopic (exact) mass is 867 g/mol. The lowest BCUT2D eigenvalue weighted by Gasteiger charge is -2.65. The number of benzene rings is 2. The first-order chi connectivity index (χ1) is 30.1. The van der Waals surface area contributed by atoms with Crippen molar-refractivity contribution in [2.45, 2.75) is 103 Å². The summed E-state index contributed by atoms with van der Waals surface area (Å²) in [5, 5.41) is 2.61. The van der Waals surface area contributed by atoms with Gasteiger partial charge in [-0.05, 0) is 86.9 Å². The molecule has 7 aliphatic rings. The van der Waals surface area contributed by atoms with E-state index in [4.69, 9.17) is 27.9 Å². The molecule has 2 aliphatic carbocycles. The van der Waals surface area contributed by atoms with Crippen molar-refractivity contribution in [3.8, 4) is 17.6 Å². The number of carbonyl (C=O) groups excluding carboxylic acids is 5. The van der Waals surface area contributed by atoms with Gasteiger partial charge in [0.25, 0.3) is 17.7 Å². The fraction of sp³-hybridized carbons (Fsp3) is 0.490. The van der Waals surface area contributed by atoms with Crippen molar-refractivity contribution in [3.05, 3.63) is 93.0 Å². The van der Waals surface area contributed by atoms with E-state index in [0.29, 0.717) is 57.3 Å². The fourth-order valence-corrected chi connectivity index (χ4v) is 12.6. The summed E-state index contributed by atoms with van der Waals surface area (Å²) in [6.45, 7) is 20.1. The lowest BCUT2D eigenvalue weighted by atomic mass is 9.49. The van der Waals surface area contributed by atoms with Crippen molar-refractivity contribution >= 4 is 52.5 Å². The molecule has 2 saturated carbocycles. The number of aromatic nitrogens is 1. The third-order valence-corrected chi connectivity index (χ3v) is 15.4. The van der Waals surface area contributed by atoms with Crippen LogP contribution in [0.1, 0.15) is 115 Å². The number of carbonyl (C=O) groups is 5. The molecule has 13 nitrogen and oxygen atoms in total. The molecular formula is C49H50ClN7O6. The SMILES string of the molecule is [C-]#[N+]c1ccc(OC2C(C)(C)C(N3Cc4nc(C#CC5CCC(N6CC7(CCN(c8ccc9c(c8)C(=O)N(C8CCC(=O)NC8=O)C9=O)C7)C6)CC5)ccc4C3=O)C2(C)C)cc1Cl. The highest BCUT2D eigenvalue weighted by Crippen LogP contribution is 2.59. The van der Waals surface area contributed by atoms with Gasteiger partial charge < -0.3 is 14.5 Å². The molecule has 0 bridgehead atoms. The number of nitrogens with one attached hydrogen (secondary N) is 1. The highest BCUT2D eigenvalue weighted by atomic mass is 35.5. The molecule has 14 heteroatoms. The van der Waals surface area contributed by atoms with Crippen molar-refractivity contribution in [2.75, 3.05) is 31.1 Å². The first-order valence-corrected chi connectivity index (χ1v) is 22.5. The summed E-state index contributed by atoms with van der Waals surface area (Å²) in [6, 6.07) is 13.8. The van der Waals surface area contributed by atoms with Gasteiger partial charge >= 0.3 is 0 Å². The predicted molar refractivity (Wildman–Crippen MR) is 234 cm³/mol. The Morgan fingerprint density at radius 2 is 1.59 bits per heavy atom. The lowest BCUT2D eigenvalue weighted by Crippen LogP contribution is -2.74. The predicted octanol–water partition coefficient (Wildman–Crippen LogP) is 6.65. The van der Waals surface area contributed by atoms with Gasteiger partial charge in [-0.15, -0.1) is 0 Å². The van der Waals surface area contributed by atoms with Crippen LogP contribution in [0.3, 0.4) is 0 Å². The number of ether oxygens (including phenoxy) is 1.